The molecule has 2 rings (SSSR count). The first-order chi connectivity index (χ1) is 8.89. The van der Waals surface area contributed by atoms with Crippen molar-refractivity contribution in [2.45, 2.75) is 56.1 Å². The monoisotopic (exact) mass is 310 g/mol. The molecule has 0 radical (unpaired) electrons. The number of ether oxygens (including phenoxy) is 2. The molecule has 5 nitrogen and oxygen atoms in total. The summed E-state index contributed by atoms with van der Waals surface area (Å²) in [4.78, 5) is 0. The molecule has 1 saturated heterocycles. The lowest BCUT2D eigenvalue weighted by molar-refractivity contribution is -0.187. The van der Waals surface area contributed by atoms with Crippen molar-refractivity contribution in [3.63, 3.8) is 0 Å². The van der Waals surface area contributed by atoms with Gasteiger partial charge in [-0.15, -0.1) is 9.24 Å². The Bertz CT molecular complexity index is 391. The zero-order valence-corrected chi connectivity index (χ0v) is 13.3. The van der Waals surface area contributed by atoms with Crippen molar-refractivity contribution < 1.29 is 22.1 Å². The molecule has 2 aliphatic rings. The molecule has 19 heavy (non-hydrogen) atoms. The minimum absolute atomic E-state index is 0.0451. The highest BCUT2D eigenvalue weighted by Gasteiger charge is 2.42. The van der Waals surface area contributed by atoms with Crippen LogP contribution in [0.4, 0.5) is 0 Å². The van der Waals surface area contributed by atoms with E-state index in [1.54, 1.807) is 0 Å². The van der Waals surface area contributed by atoms with Crippen LogP contribution in [0.15, 0.2) is 0 Å². The number of rotatable bonds is 5. The third-order valence-corrected chi connectivity index (χ3v) is 4.62. The largest absolute Gasteiger partial charge is 0.347 e. The van der Waals surface area contributed by atoms with Gasteiger partial charge in [-0.05, 0) is 19.3 Å². The van der Waals surface area contributed by atoms with Crippen molar-refractivity contribution in [1.29, 1.82) is 0 Å². The zero-order chi connectivity index (χ0) is 13.9. The molecule has 3 atom stereocenters. The second kappa shape index (κ2) is 6.35. The Morgan fingerprint density at radius 2 is 2.05 bits per heavy atom. The SMILES string of the molecule is CS(=O)(=O)OCC(P)CC1COC2(CCCCC2)O1. The van der Waals surface area contributed by atoms with E-state index < -0.39 is 10.1 Å². The molecule has 112 valence electrons. The van der Waals surface area contributed by atoms with Crippen LogP contribution in [0.5, 0.6) is 0 Å². The fourth-order valence-corrected chi connectivity index (χ4v) is 3.66. The first kappa shape index (κ1) is 15.6. The van der Waals surface area contributed by atoms with Crippen molar-refractivity contribution in [1.82, 2.24) is 0 Å². The molecular weight excluding hydrogens is 287 g/mol. The van der Waals surface area contributed by atoms with E-state index in [0.29, 0.717) is 6.61 Å². The Labute approximate surface area is 117 Å². The Morgan fingerprint density at radius 3 is 2.68 bits per heavy atom. The van der Waals surface area contributed by atoms with E-state index in [1.165, 1.54) is 6.42 Å². The normalized spacial score (nSPS) is 28.6. The van der Waals surface area contributed by atoms with Crippen molar-refractivity contribution in [3.05, 3.63) is 0 Å². The topological polar surface area (TPSA) is 61.8 Å². The average molecular weight is 310 g/mol. The Hall–Kier alpha value is 0.260. The zero-order valence-electron chi connectivity index (χ0n) is 11.3. The molecule has 0 aromatic rings. The Balaban J connectivity index is 1.75. The van der Waals surface area contributed by atoms with Gasteiger partial charge in [0, 0.05) is 18.5 Å². The molecule has 1 saturated carbocycles. The first-order valence-corrected chi connectivity index (χ1v) is 9.29. The standard InChI is InChI=1S/C12H23O5PS/c1-19(13,14)16-9-11(18)7-10-8-15-12(17-10)5-3-2-4-6-12/h10-11H,2-9,18H2,1H3. The highest BCUT2D eigenvalue weighted by atomic mass is 32.2. The summed E-state index contributed by atoms with van der Waals surface area (Å²) in [6, 6.07) is 0. The lowest BCUT2D eigenvalue weighted by Gasteiger charge is -2.32. The summed E-state index contributed by atoms with van der Waals surface area (Å²) in [5.74, 6) is -0.356. The smallest absolute Gasteiger partial charge is 0.264 e. The van der Waals surface area contributed by atoms with Gasteiger partial charge in [-0.1, -0.05) is 6.42 Å². The van der Waals surface area contributed by atoms with Crippen LogP contribution in [-0.2, 0) is 23.8 Å². The first-order valence-electron chi connectivity index (χ1n) is 6.80. The van der Waals surface area contributed by atoms with Gasteiger partial charge in [-0.2, -0.15) is 8.42 Å². The molecular formula is C12H23O5PS. The summed E-state index contributed by atoms with van der Waals surface area (Å²) in [5, 5.41) is 0. The summed E-state index contributed by atoms with van der Waals surface area (Å²) < 4.78 is 38.6. The van der Waals surface area contributed by atoms with Crippen LogP contribution in [0.2, 0.25) is 0 Å². The highest BCUT2D eigenvalue weighted by Crippen LogP contribution is 2.38. The molecule has 1 spiro atoms. The molecule has 1 heterocycles. The summed E-state index contributed by atoms with van der Waals surface area (Å²) in [5.41, 5.74) is 0.0575. The highest BCUT2D eigenvalue weighted by molar-refractivity contribution is 7.86. The van der Waals surface area contributed by atoms with E-state index in [2.05, 4.69) is 9.24 Å². The summed E-state index contributed by atoms with van der Waals surface area (Å²) >= 11 is 0. The van der Waals surface area contributed by atoms with Crippen molar-refractivity contribution >= 4 is 19.4 Å². The number of hydrogen-bond donors (Lipinski definition) is 0. The van der Waals surface area contributed by atoms with Crippen molar-refractivity contribution in [2.75, 3.05) is 19.5 Å². The molecule has 0 amide bonds. The summed E-state index contributed by atoms with van der Waals surface area (Å²) in [7, 11) is -0.746. The van der Waals surface area contributed by atoms with Gasteiger partial charge in [0.05, 0.1) is 25.6 Å². The Kier molecular flexibility index (Phi) is 5.23. The van der Waals surface area contributed by atoms with E-state index in [4.69, 9.17) is 13.7 Å². The molecule has 2 fully saturated rings. The maximum absolute atomic E-state index is 10.9. The van der Waals surface area contributed by atoms with Crippen LogP contribution < -0.4 is 0 Å². The molecule has 1 aliphatic carbocycles. The molecule has 0 bridgehead atoms. The fourth-order valence-electron chi connectivity index (χ4n) is 2.70. The molecule has 3 unspecified atom stereocenters. The predicted octanol–water partition coefficient (Wildman–Crippen LogP) is 1.67. The van der Waals surface area contributed by atoms with E-state index in [0.717, 1.165) is 38.4 Å². The van der Waals surface area contributed by atoms with Crippen LogP contribution in [0, 0.1) is 0 Å². The molecule has 0 aromatic heterocycles. The second-order valence-electron chi connectivity index (χ2n) is 5.51. The minimum atomic E-state index is -3.37. The van der Waals surface area contributed by atoms with Crippen molar-refractivity contribution in [3.8, 4) is 0 Å². The van der Waals surface area contributed by atoms with Gasteiger partial charge in [0.15, 0.2) is 5.79 Å². The van der Waals surface area contributed by atoms with Crippen LogP contribution in [0.25, 0.3) is 0 Å². The summed E-state index contributed by atoms with van der Waals surface area (Å²) in [6.07, 6.45) is 7.38. The van der Waals surface area contributed by atoms with Crippen molar-refractivity contribution in [2.24, 2.45) is 0 Å². The lowest BCUT2D eigenvalue weighted by Crippen LogP contribution is -2.33. The van der Waals surface area contributed by atoms with Gasteiger partial charge in [0.25, 0.3) is 10.1 Å². The predicted molar refractivity (Wildman–Crippen MR) is 75.6 cm³/mol. The van der Waals surface area contributed by atoms with Crippen LogP contribution in [0.3, 0.4) is 0 Å². The van der Waals surface area contributed by atoms with E-state index in [1.807, 2.05) is 0 Å². The Morgan fingerprint density at radius 1 is 1.37 bits per heavy atom. The van der Waals surface area contributed by atoms with Gasteiger partial charge in [0.2, 0.25) is 0 Å². The van der Waals surface area contributed by atoms with Crippen LogP contribution in [-0.4, -0.2) is 45.4 Å². The van der Waals surface area contributed by atoms with Gasteiger partial charge in [-0.25, -0.2) is 0 Å². The van der Waals surface area contributed by atoms with Crippen LogP contribution >= 0.6 is 9.24 Å². The molecule has 0 aromatic carbocycles. The van der Waals surface area contributed by atoms with Gasteiger partial charge in [0.1, 0.15) is 0 Å². The molecule has 0 N–H and O–H groups in total. The lowest BCUT2D eigenvalue weighted by atomic mass is 9.94. The summed E-state index contributed by atoms with van der Waals surface area (Å²) in [6.45, 7) is 0.778. The number of hydrogen-bond acceptors (Lipinski definition) is 5. The van der Waals surface area contributed by atoms with E-state index in [-0.39, 0.29) is 24.2 Å². The third kappa shape index (κ3) is 4.94. The third-order valence-electron chi connectivity index (χ3n) is 3.59. The van der Waals surface area contributed by atoms with E-state index in [9.17, 15) is 8.42 Å². The molecule has 1 aliphatic heterocycles. The maximum Gasteiger partial charge on any atom is 0.264 e. The van der Waals surface area contributed by atoms with Crippen LogP contribution in [0.1, 0.15) is 38.5 Å². The minimum Gasteiger partial charge on any atom is -0.347 e. The fraction of sp³-hybridized carbons (Fsp3) is 1.00. The van der Waals surface area contributed by atoms with E-state index >= 15 is 0 Å². The van der Waals surface area contributed by atoms with Gasteiger partial charge in [-0.3, -0.25) is 4.18 Å². The molecule has 7 heteroatoms. The average Bonchev–Trinajstić information content (AvgIpc) is 2.70. The maximum atomic E-state index is 10.9. The quantitative estimate of drug-likeness (QED) is 0.571. The second-order valence-corrected chi connectivity index (χ2v) is 8.09. The van der Waals surface area contributed by atoms with Gasteiger partial charge < -0.3 is 9.47 Å². The van der Waals surface area contributed by atoms with Gasteiger partial charge >= 0.3 is 0 Å².